The first-order chi connectivity index (χ1) is 15.9. The van der Waals surface area contributed by atoms with Crippen LogP contribution in [0.1, 0.15) is 83.6 Å². The molecule has 4 nitrogen and oxygen atoms in total. The molecule has 0 spiro atoms. The van der Waals surface area contributed by atoms with Gasteiger partial charge in [0.25, 0.3) is 0 Å². The van der Waals surface area contributed by atoms with Gasteiger partial charge in [0.05, 0.1) is 12.2 Å². The van der Waals surface area contributed by atoms with E-state index in [0.29, 0.717) is 42.6 Å². The average molecular weight is 456 g/mol. The van der Waals surface area contributed by atoms with Gasteiger partial charge in [-0.15, -0.1) is 0 Å². The van der Waals surface area contributed by atoms with Crippen molar-refractivity contribution in [1.29, 1.82) is 0 Å². The Labute approximate surface area is 200 Å². The van der Waals surface area contributed by atoms with Crippen molar-refractivity contribution >= 4 is 5.91 Å². The maximum atomic E-state index is 11.9. The van der Waals surface area contributed by atoms with Crippen molar-refractivity contribution in [2.24, 2.45) is 35.5 Å². The van der Waals surface area contributed by atoms with Crippen LogP contribution in [0.25, 0.3) is 0 Å². The fourth-order valence-corrected chi connectivity index (χ4v) is 6.56. The number of aryl methyl sites for hydroxylation is 1. The topological polar surface area (TPSA) is 69.6 Å². The molecule has 33 heavy (non-hydrogen) atoms. The van der Waals surface area contributed by atoms with E-state index < -0.39 is 0 Å². The summed E-state index contributed by atoms with van der Waals surface area (Å²) in [5, 5.41) is 24.6. The molecule has 3 aliphatic rings. The molecule has 0 radical (unpaired) electrons. The summed E-state index contributed by atoms with van der Waals surface area (Å²) in [5.74, 6) is 3.09. The summed E-state index contributed by atoms with van der Waals surface area (Å²) < 4.78 is 0. The molecule has 1 unspecified atom stereocenters. The van der Waals surface area contributed by atoms with Gasteiger partial charge in [-0.1, -0.05) is 44.2 Å². The summed E-state index contributed by atoms with van der Waals surface area (Å²) in [6.45, 7) is 4.63. The SMILES string of the molecule is C[C@@H](CCc1ccccc1)C[C@H](C)[C@@H]1[C@@H](C[C@@H]2CC2CCCC(=O)NC2CC2)[C@@H](O)C[C@H]1O. The Kier molecular flexibility index (Phi) is 8.51. The lowest BCUT2D eigenvalue weighted by atomic mass is 9.76. The first-order valence-corrected chi connectivity index (χ1v) is 13.6. The monoisotopic (exact) mass is 455 g/mol. The van der Waals surface area contributed by atoms with Crippen molar-refractivity contribution in [3.63, 3.8) is 0 Å². The van der Waals surface area contributed by atoms with Crippen LogP contribution in [0.15, 0.2) is 30.3 Å². The van der Waals surface area contributed by atoms with Crippen LogP contribution in [0.5, 0.6) is 0 Å². The molecule has 0 bridgehead atoms. The molecule has 0 aliphatic heterocycles. The molecule has 3 saturated carbocycles. The predicted molar refractivity (Wildman–Crippen MR) is 133 cm³/mol. The van der Waals surface area contributed by atoms with Gasteiger partial charge in [0.1, 0.15) is 0 Å². The van der Waals surface area contributed by atoms with Crippen LogP contribution < -0.4 is 5.32 Å². The van der Waals surface area contributed by atoms with Crippen molar-refractivity contribution in [2.45, 2.75) is 103 Å². The number of carbonyl (C=O) groups excluding carboxylic acids is 1. The lowest BCUT2D eigenvalue weighted by Crippen LogP contribution is -2.30. The number of aliphatic hydroxyl groups is 2. The normalized spacial score (nSPS) is 33.0. The molecule has 0 saturated heterocycles. The quantitative estimate of drug-likeness (QED) is 0.387. The largest absolute Gasteiger partial charge is 0.393 e. The first-order valence-electron chi connectivity index (χ1n) is 13.6. The molecule has 3 aliphatic carbocycles. The fraction of sp³-hybridized carbons (Fsp3) is 0.759. The van der Waals surface area contributed by atoms with Gasteiger partial charge in [-0.25, -0.2) is 0 Å². The third kappa shape index (κ3) is 7.29. The molecule has 0 heterocycles. The Balaban J connectivity index is 1.19. The zero-order valence-corrected chi connectivity index (χ0v) is 20.7. The van der Waals surface area contributed by atoms with E-state index in [0.717, 1.165) is 44.9 Å². The molecule has 0 aromatic heterocycles. The van der Waals surface area contributed by atoms with Gasteiger partial charge in [-0.2, -0.15) is 0 Å². The molecular weight excluding hydrogens is 410 g/mol. The maximum absolute atomic E-state index is 11.9. The number of benzene rings is 1. The van der Waals surface area contributed by atoms with Crippen molar-refractivity contribution in [3.05, 3.63) is 35.9 Å². The highest BCUT2D eigenvalue weighted by molar-refractivity contribution is 5.76. The minimum absolute atomic E-state index is 0.213. The zero-order valence-electron chi connectivity index (χ0n) is 20.7. The number of nitrogens with one attached hydrogen (secondary N) is 1. The van der Waals surface area contributed by atoms with E-state index in [1.807, 2.05) is 0 Å². The van der Waals surface area contributed by atoms with Crippen molar-refractivity contribution < 1.29 is 15.0 Å². The highest BCUT2D eigenvalue weighted by Crippen LogP contribution is 2.51. The van der Waals surface area contributed by atoms with E-state index >= 15 is 0 Å². The van der Waals surface area contributed by atoms with Crippen LogP contribution in [0.4, 0.5) is 0 Å². The van der Waals surface area contributed by atoms with Gasteiger partial charge >= 0.3 is 0 Å². The lowest BCUT2D eigenvalue weighted by molar-refractivity contribution is -0.121. The third-order valence-corrected chi connectivity index (χ3v) is 8.68. The van der Waals surface area contributed by atoms with E-state index in [2.05, 4.69) is 49.5 Å². The third-order valence-electron chi connectivity index (χ3n) is 8.68. The summed E-state index contributed by atoms with van der Waals surface area (Å²) in [6, 6.07) is 11.2. The van der Waals surface area contributed by atoms with E-state index in [1.54, 1.807) is 0 Å². The second-order valence-electron chi connectivity index (χ2n) is 11.7. The first kappa shape index (κ1) is 24.7. The van der Waals surface area contributed by atoms with Crippen molar-refractivity contribution in [2.75, 3.05) is 0 Å². The maximum Gasteiger partial charge on any atom is 0.220 e. The standard InChI is InChI=1S/C29H45NO3/c1-19(11-12-21-7-4-3-5-8-21)15-20(2)29-25(26(31)18-27(29)32)17-23-16-22(23)9-6-10-28(33)30-24-13-14-24/h3-5,7-8,19-20,22-27,29,31-32H,6,9-18H2,1-2H3,(H,30,33)/t19-,20-,22?,23-,25-,26-,27+,29+/m0/s1. The van der Waals surface area contributed by atoms with E-state index in [4.69, 9.17) is 0 Å². The Hall–Kier alpha value is -1.39. The van der Waals surface area contributed by atoms with E-state index in [9.17, 15) is 15.0 Å². The summed E-state index contributed by atoms with van der Waals surface area (Å²) in [6.07, 6.45) is 10.5. The lowest BCUT2D eigenvalue weighted by Gasteiger charge is -2.31. The van der Waals surface area contributed by atoms with Crippen LogP contribution in [-0.2, 0) is 11.2 Å². The highest BCUT2D eigenvalue weighted by Gasteiger charge is 2.48. The van der Waals surface area contributed by atoms with Crippen LogP contribution in [0, 0.1) is 35.5 Å². The van der Waals surface area contributed by atoms with Crippen LogP contribution in [0.2, 0.25) is 0 Å². The Morgan fingerprint density at radius 2 is 1.82 bits per heavy atom. The number of rotatable bonds is 13. The molecule has 3 fully saturated rings. The minimum atomic E-state index is -0.371. The minimum Gasteiger partial charge on any atom is -0.393 e. The van der Waals surface area contributed by atoms with Gasteiger partial charge in [0, 0.05) is 12.5 Å². The van der Waals surface area contributed by atoms with E-state index in [-0.39, 0.29) is 30.0 Å². The van der Waals surface area contributed by atoms with E-state index in [1.165, 1.54) is 18.4 Å². The summed E-state index contributed by atoms with van der Waals surface area (Å²) in [5.41, 5.74) is 1.40. The number of amides is 1. The van der Waals surface area contributed by atoms with Gasteiger partial charge < -0.3 is 15.5 Å². The number of hydrogen-bond acceptors (Lipinski definition) is 3. The highest BCUT2D eigenvalue weighted by atomic mass is 16.3. The average Bonchev–Trinajstić information content (AvgIpc) is 3.70. The molecule has 1 aromatic carbocycles. The van der Waals surface area contributed by atoms with Crippen molar-refractivity contribution in [1.82, 2.24) is 5.32 Å². The molecule has 1 aromatic rings. The van der Waals surface area contributed by atoms with Crippen LogP contribution >= 0.6 is 0 Å². The van der Waals surface area contributed by atoms with Gasteiger partial charge in [-0.3, -0.25) is 4.79 Å². The molecule has 8 atom stereocenters. The zero-order chi connectivity index (χ0) is 23.4. The number of carbonyl (C=O) groups is 1. The summed E-state index contributed by atoms with van der Waals surface area (Å²) in [4.78, 5) is 11.9. The molecular formula is C29H45NO3. The molecule has 4 rings (SSSR count). The number of hydrogen-bond donors (Lipinski definition) is 3. The second-order valence-corrected chi connectivity index (χ2v) is 11.7. The second kappa shape index (κ2) is 11.4. The summed E-state index contributed by atoms with van der Waals surface area (Å²) in [7, 11) is 0. The fourth-order valence-electron chi connectivity index (χ4n) is 6.56. The van der Waals surface area contributed by atoms with Crippen LogP contribution in [0.3, 0.4) is 0 Å². The Bertz CT molecular complexity index is 748. The molecule has 3 N–H and O–H groups in total. The van der Waals surface area contributed by atoms with Gasteiger partial charge in [-0.05, 0) is 105 Å². The van der Waals surface area contributed by atoms with Gasteiger partial charge in [0.2, 0.25) is 5.91 Å². The smallest absolute Gasteiger partial charge is 0.220 e. The molecule has 4 heteroatoms. The molecule has 184 valence electrons. The van der Waals surface area contributed by atoms with Gasteiger partial charge in [0.15, 0.2) is 0 Å². The van der Waals surface area contributed by atoms with Crippen LogP contribution in [-0.4, -0.2) is 34.4 Å². The van der Waals surface area contributed by atoms with Crippen molar-refractivity contribution in [3.8, 4) is 0 Å². The summed E-state index contributed by atoms with van der Waals surface area (Å²) >= 11 is 0. The molecule has 1 amide bonds. The Morgan fingerprint density at radius 1 is 1.06 bits per heavy atom. The predicted octanol–water partition coefficient (Wildman–Crippen LogP) is 5.11. The number of aliphatic hydroxyl groups excluding tert-OH is 2. The Morgan fingerprint density at radius 3 is 2.55 bits per heavy atom.